The van der Waals surface area contributed by atoms with E-state index in [1.807, 2.05) is 60.5 Å². The Morgan fingerprint density at radius 1 is 0.625 bits per heavy atom. The van der Waals surface area contributed by atoms with Gasteiger partial charge in [-0.2, -0.15) is 0 Å². The molecule has 0 spiro atoms. The third-order valence-corrected chi connectivity index (χ3v) is 11.9. The van der Waals surface area contributed by atoms with E-state index in [0.717, 1.165) is 114 Å². The average Bonchev–Trinajstić information content (AvgIpc) is 3.19. The Bertz CT molecular complexity index is 1510. The minimum atomic E-state index is 0.0985. The Morgan fingerprint density at radius 3 is 1.48 bits per heavy atom. The molecule has 0 unspecified atom stereocenters. The zero-order valence-electron chi connectivity index (χ0n) is 35.5. The highest BCUT2D eigenvalue weighted by Crippen LogP contribution is 2.28. The van der Waals surface area contributed by atoms with Crippen molar-refractivity contribution in [3.05, 3.63) is 59.7 Å². The molecular formula is C45H70N6O5. The second kappa shape index (κ2) is 22.8. The van der Waals surface area contributed by atoms with Crippen LogP contribution < -0.4 is 9.80 Å². The van der Waals surface area contributed by atoms with E-state index in [4.69, 9.17) is 4.74 Å². The number of ether oxygens (including phenoxy) is 1. The van der Waals surface area contributed by atoms with Crippen LogP contribution in [0.1, 0.15) is 92.4 Å². The summed E-state index contributed by atoms with van der Waals surface area (Å²) in [6.07, 6.45) is 8.60. The third-order valence-electron chi connectivity index (χ3n) is 11.9. The summed E-state index contributed by atoms with van der Waals surface area (Å²) in [5, 5.41) is 0. The van der Waals surface area contributed by atoms with Crippen molar-refractivity contribution in [2.24, 2.45) is 11.8 Å². The predicted molar refractivity (Wildman–Crippen MR) is 227 cm³/mol. The maximum Gasteiger partial charge on any atom is 0.223 e. The SMILES string of the molecule is CC(=O)c1ccc(N2CCC(CC(=O)N(C)CCCN(C)C)CC2)cc1.COCCN(C(=O)CC1CCN(c2ccc(C(C)=O)cc2)CC1)C1CCN(C)CC1. The van der Waals surface area contributed by atoms with Gasteiger partial charge in [-0.05, 0) is 160 Å². The number of methoxy groups -OCH3 is 1. The standard InChI is InChI=1S/C24H37N3O3.C21H33N3O2/c1-19(28)21-4-6-22(7-5-21)26-14-8-20(9-15-26)18-24(29)27(16-17-30-3)23-10-12-25(2)13-11-23;1-17(25)19-6-8-20(9-7-19)24-14-10-18(11-15-24)16-21(26)23(4)13-5-12-22(2)3/h4-7,20,23H,8-18H2,1-3H3;6-9,18H,5,10-16H2,1-4H3. The second-order valence-electron chi connectivity index (χ2n) is 16.6. The minimum absolute atomic E-state index is 0.0985. The number of benzene rings is 2. The van der Waals surface area contributed by atoms with Gasteiger partial charge in [-0.1, -0.05) is 0 Å². The molecule has 3 aliphatic rings. The first-order valence-corrected chi connectivity index (χ1v) is 20.9. The van der Waals surface area contributed by atoms with Crippen LogP contribution in [0.4, 0.5) is 11.4 Å². The lowest BCUT2D eigenvalue weighted by atomic mass is 9.92. The van der Waals surface area contributed by atoms with E-state index in [-0.39, 0.29) is 17.5 Å². The number of likely N-dealkylation sites (tertiary alicyclic amines) is 1. The summed E-state index contributed by atoms with van der Waals surface area (Å²) in [4.78, 5) is 61.6. The zero-order chi connectivity index (χ0) is 40.6. The third kappa shape index (κ3) is 14.3. The van der Waals surface area contributed by atoms with Gasteiger partial charge < -0.3 is 34.1 Å². The smallest absolute Gasteiger partial charge is 0.223 e. The van der Waals surface area contributed by atoms with Crippen LogP contribution in [0, 0.1) is 11.8 Å². The van der Waals surface area contributed by atoms with Crippen LogP contribution in [0.3, 0.4) is 0 Å². The van der Waals surface area contributed by atoms with Gasteiger partial charge in [0.1, 0.15) is 0 Å². The van der Waals surface area contributed by atoms with Crippen molar-refractivity contribution in [2.45, 2.75) is 77.7 Å². The van der Waals surface area contributed by atoms with Gasteiger partial charge in [-0.15, -0.1) is 0 Å². The number of rotatable bonds is 16. The normalized spacial score (nSPS) is 17.4. The summed E-state index contributed by atoms with van der Waals surface area (Å²) < 4.78 is 5.28. The Labute approximate surface area is 337 Å². The summed E-state index contributed by atoms with van der Waals surface area (Å²) >= 11 is 0. The van der Waals surface area contributed by atoms with Crippen molar-refractivity contribution in [3.63, 3.8) is 0 Å². The molecule has 0 saturated carbocycles. The van der Waals surface area contributed by atoms with Crippen LogP contribution in [0.2, 0.25) is 0 Å². The van der Waals surface area contributed by atoms with Gasteiger partial charge in [-0.3, -0.25) is 19.2 Å². The molecule has 0 aliphatic carbocycles. The molecule has 11 nitrogen and oxygen atoms in total. The highest BCUT2D eigenvalue weighted by Gasteiger charge is 2.30. The summed E-state index contributed by atoms with van der Waals surface area (Å²) in [6, 6.07) is 16.1. The fraction of sp³-hybridized carbons (Fsp3) is 0.644. The summed E-state index contributed by atoms with van der Waals surface area (Å²) in [6.45, 7) is 12.3. The lowest BCUT2D eigenvalue weighted by molar-refractivity contribution is -0.136. The molecule has 56 heavy (non-hydrogen) atoms. The monoisotopic (exact) mass is 775 g/mol. The number of carbonyl (C=O) groups excluding carboxylic acids is 4. The number of nitrogens with zero attached hydrogens (tertiary/aromatic N) is 6. The lowest BCUT2D eigenvalue weighted by Crippen LogP contribution is -2.48. The second-order valence-corrected chi connectivity index (χ2v) is 16.6. The Hall–Kier alpha value is -3.80. The first-order chi connectivity index (χ1) is 26.8. The van der Waals surface area contributed by atoms with E-state index in [2.05, 4.69) is 45.6 Å². The molecule has 0 bridgehead atoms. The number of ketones is 2. The molecule has 2 aromatic carbocycles. The first kappa shape index (κ1) is 44.9. The molecule has 310 valence electrons. The molecular weight excluding hydrogens is 705 g/mol. The van der Waals surface area contributed by atoms with E-state index in [1.54, 1.807) is 21.0 Å². The Balaban J connectivity index is 0.000000251. The number of hydrogen-bond acceptors (Lipinski definition) is 9. The molecule has 5 rings (SSSR count). The van der Waals surface area contributed by atoms with Crippen molar-refractivity contribution in [3.8, 4) is 0 Å². The zero-order valence-corrected chi connectivity index (χ0v) is 35.5. The van der Waals surface area contributed by atoms with Crippen molar-refractivity contribution in [1.29, 1.82) is 0 Å². The lowest BCUT2D eigenvalue weighted by Gasteiger charge is -2.39. The average molecular weight is 775 g/mol. The van der Waals surface area contributed by atoms with Crippen LogP contribution in [0.15, 0.2) is 48.5 Å². The number of Topliss-reactive ketones (excluding diaryl/α,β-unsaturated/α-hetero) is 2. The van der Waals surface area contributed by atoms with Crippen LogP contribution in [-0.4, -0.2) is 150 Å². The molecule has 0 aromatic heterocycles. The molecule has 11 heteroatoms. The van der Waals surface area contributed by atoms with E-state index < -0.39 is 0 Å². The Kier molecular flexibility index (Phi) is 18.3. The Morgan fingerprint density at radius 2 is 1.07 bits per heavy atom. The highest BCUT2D eigenvalue weighted by atomic mass is 16.5. The van der Waals surface area contributed by atoms with Gasteiger partial charge in [0.25, 0.3) is 0 Å². The number of piperidine rings is 3. The van der Waals surface area contributed by atoms with Crippen molar-refractivity contribution in [2.75, 3.05) is 111 Å². The molecule has 3 aliphatic heterocycles. The van der Waals surface area contributed by atoms with Crippen molar-refractivity contribution < 1.29 is 23.9 Å². The minimum Gasteiger partial charge on any atom is -0.383 e. The van der Waals surface area contributed by atoms with Gasteiger partial charge in [0.15, 0.2) is 11.6 Å². The molecule has 2 amide bonds. The molecule has 3 saturated heterocycles. The van der Waals surface area contributed by atoms with Gasteiger partial charge in [0.05, 0.1) is 6.61 Å². The number of amides is 2. The predicted octanol–water partition coefficient (Wildman–Crippen LogP) is 5.97. The summed E-state index contributed by atoms with van der Waals surface area (Å²) in [5.41, 5.74) is 3.84. The molecule has 3 heterocycles. The van der Waals surface area contributed by atoms with E-state index >= 15 is 0 Å². The fourth-order valence-electron chi connectivity index (χ4n) is 8.13. The number of hydrogen-bond donors (Lipinski definition) is 0. The van der Waals surface area contributed by atoms with Crippen LogP contribution >= 0.6 is 0 Å². The summed E-state index contributed by atoms with van der Waals surface area (Å²) in [5.74, 6) is 1.69. The maximum absolute atomic E-state index is 13.2. The quantitative estimate of drug-likeness (QED) is 0.191. The molecule has 2 aromatic rings. The first-order valence-electron chi connectivity index (χ1n) is 20.9. The van der Waals surface area contributed by atoms with Crippen molar-refractivity contribution in [1.82, 2.24) is 19.6 Å². The van der Waals surface area contributed by atoms with Crippen molar-refractivity contribution >= 4 is 34.8 Å². The molecule has 0 radical (unpaired) electrons. The summed E-state index contributed by atoms with van der Waals surface area (Å²) in [7, 11) is 9.89. The van der Waals surface area contributed by atoms with E-state index in [1.165, 1.54) is 5.69 Å². The van der Waals surface area contributed by atoms with Crippen LogP contribution in [0.25, 0.3) is 0 Å². The van der Waals surface area contributed by atoms with E-state index in [0.29, 0.717) is 49.8 Å². The van der Waals surface area contributed by atoms with Gasteiger partial charge in [-0.25, -0.2) is 0 Å². The molecule has 0 N–H and O–H groups in total. The topological polar surface area (TPSA) is 97.0 Å². The largest absolute Gasteiger partial charge is 0.383 e. The number of anilines is 2. The maximum atomic E-state index is 13.2. The molecule has 0 atom stereocenters. The number of carbonyl (C=O) groups is 4. The fourth-order valence-corrected chi connectivity index (χ4v) is 8.13. The van der Waals surface area contributed by atoms with Gasteiger partial charge in [0.2, 0.25) is 11.8 Å². The van der Waals surface area contributed by atoms with Gasteiger partial charge >= 0.3 is 0 Å². The van der Waals surface area contributed by atoms with E-state index in [9.17, 15) is 19.2 Å². The van der Waals surface area contributed by atoms with Gasteiger partial charge in [0, 0.05) is 94.8 Å². The highest BCUT2D eigenvalue weighted by molar-refractivity contribution is 5.94. The molecule has 3 fully saturated rings. The van der Waals surface area contributed by atoms with Crippen LogP contribution in [0.5, 0.6) is 0 Å². The van der Waals surface area contributed by atoms with Crippen LogP contribution in [-0.2, 0) is 14.3 Å².